The van der Waals surface area contributed by atoms with Crippen molar-refractivity contribution in [2.75, 3.05) is 7.11 Å². The van der Waals surface area contributed by atoms with Crippen molar-refractivity contribution in [3.8, 4) is 11.5 Å². The molecule has 1 aliphatic rings. The largest absolute Gasteiger partial charge is 0.493 e. The minimum atomic E-state index is -0.790. The highest BCUT2D eigenvalue weighted by Crippen LogP contribution is 2.35. The van der Waals surface area contributed by atoms with Gasteiger partial charge in [0.1, 0.15) is 11.3 Å². The Morgan fingerprint density at radius 1 is 1.28 bits per heavy atom. The van der Waals surface area contributed by atoms with Crippen molar-refractivity contribution < 1.29 is 28.3 Å². The first-order valence-electron chi connectivity index (χ1n) is 8.75. The van der Waals surface area contributed by atoms with E-state index in [2.05, 4.69) is 27.9 Å². The Morgan fingerprint density at radius 3 is 2.66 bits per heavy atom. The Kier molecular flexibility index (Phi) is 6.26. The third kappa shape index (κ3) is 4.61. The molecule has 4 amide bonds. The van der Waals surface area contributed by atoms with Gasteiger partial charge in [-0.15, -0.1) is 0 Å². The molecule has 0 radical (unpaired) electrons. The Hall–Kier alpha value is -2.82. The van der Waals surface area contributed by atoms with Crippen molar-refractivity contribution in [1.29, 1.82) is 0 Å². The highest BCUT2D eigenvalue weighted by atomic mass is 127. The number of methoxy groups -OCH3 is 1. The number of rotatable bonds is 6. The molecule has 2 heterocycles. The van der Waals surface area contributed by atoms with E-state index in [9.17, 15) is 14.4 Å². The molecule has 152 valence electrons. The molecule has 2 aromatic rings. The molecule has 1 saturated heterocycles. The number of hydrogen-bond acceptors (Lipinski definition) is 6. The molecule has 1 N–H and O–H groups in total. The highest BCUT2D eigenvalue weighted by molar-refractivity contribution is 14.1. The number of benzene rings is 1. The van der Waals surface area contributed by atoms with Crippen molar-refractivity contribution in [3.63, 3.8) is 0 Å². The fourth-order valence-corrected chi connectivity index (χ4v) is 3.49. The van der Waals surface area contributed by atoms with Gasteiger partial charge in [0.05, 0.1) is 29.6 Å². The Bertz CT molecular complexity index is 981. The van der Waals surface area contributed by atoms with Gasteiger partial charge in [0.2, 0.25) is 0 Å². The number of amides is 4. The first-order chi connectivity index (χ1) is 13.8. The van der Waals surface area contributed by atoms with Gasteiger partial charge in [-0.1, -0.05) is 0 Å². The predicted octanol–water partition coefficient (Wildman–Crippen LogP) is 3.34. The summed E-state index contributed by atoms with van der Waals surface area (Å²) in [5, 5.41) is 2.18. The zero-order valence-electron chi connectivity index (χ0n) is 16.0. The van der Waals surface area contributed by atoms with E-state index in [-0.39, 0.29) is 18.2 Å². The normalized spacial score (nSPS) is 15.8. The van der Waals surface area contributed by atoms with E-state index >= 15 is 0 Å². The molecular weight excluding hydrogens is 491 g/mol. The second-order valence-electron chi connectivity index (χ2n) is 6.49. The number of furan rings is 1. The maximum atomic E-state index is 12.8. The summed E-state index contributed by atoms with van der Waals surface area (Å²) < 4.78 is 17.1. The van der Waals surface area contributed by atoms with Crippen LogP contribution in [-0.2, 0) is 16.1 Å². The number of carbonyl (C=O) groups is 3. The van der Waals surface area contributed by atoms with Crippen LogP contribution in [0.15, 0.2) is 40.5 Å². The van der Waals surface area contributed by atoms with Crippen molar-refractivity contribution >= 4 is 46.5 Å². The quantitative estimate of drug-likeness (QED) is 0.364. The van der Waals surface area contributed by atoms with Crippen LogP contribution in [0.2, 0.25) is 0 Å². The maximum absolute atomic E-state index is 12.8. The molecule has 0 unspecified atom stereocenters. The van der Waals surface area contributed by atoms with Gasteiger partial charge in [-0.05, 0) is 72.3 Å². The number of imide groups is 2. The van der Waals surface area contributed by atoms with E-state index in [4.69, 9.17) is 13.9 Å². The summed E-state index contributed by atoms with van der Waals surface area (Å²) in [4.78, 5) is 38.1. The highest BCUT2D eigenvalue weighted by Gasteiger charge is 2.36. The van der Waals surface area contributed by atoms with Crippen LogP contribution in [0.1, 0.15) is 25.2 Å². The lowest BCUT2D eigenvalue weighted by atomic mass is 10.1. The molecule has 1 aliphatic heterocycles. The summed E-state index contributed by atoms with van der Waals surface area (Å²) >= 11 is 2.10. The summed E-state index contributed by atoms with van der Waals surface area (Å²) in [6.07, 6.45) is 2.82. The number of carbonyl (C=O) groups excluding carboxylic acids is 3. The number of nitrogens with one attached hydrogen (secondary N) is 1. The van der Waals surface area contributed by atoms with Crippen LogP contribution in [-0.4, -0.2) is 36.0 Å². The van der Waals surface area contributed by atoms with Crippen molar-refractivity contribution in [2.24, 2.45) is 0 Å². The van der Waals surface area contributed by atoms with E-state index in [0.29, 0.717) is 22.8 Å². The van der Waals surface area contributed by atoms with Crippen molar-refractivity contribution in [2.45, 2.75) is 26.5 Å². The molecule has 0 saturated carbocycles. The third-order valence-electron chi connectivity index (χ3n) is 4.00. The summed E-state index contributed by atoms with van der Waals surface area (Å²) in [6, 6.07) is 5.93. The van der Waals surface area contributed by atoms with Gasteiger partial charge in [-0.2, -0.15) is 0 Å². The Labute approximate surface area is 181 Å². The zero-order valence-corrected chi connectivity index (χ0v) is 18.2. The molecule has 0 spiro atoms. The monoisotopic (exact) mass is 510 g/mol. The summed E-state index contributed by atoms with van der Waals surface area (Å²) in [5.74, 6) is 0.0244. The first-order valence-corrected chi connectivity index (χ1v) is 9.83. The smallest absolute Gasteiger partial charge is 0.331 e. The molecule has 1 fully saturated rings. The maximum Gasteiger partial charge on any atom is 0.331 e. The Morgan fingerprint density at radius 2 is 2.03 bits per heavy atom. The van der Waals surface area contributed by atoms with E-state index in [1.807, 2.05) is 13.8 Å². The number of nitrogens with zero attached hydrogens (tertiary/aromatic N) is 1. The molecule has 29 heavy (non-hydrogen) atoms. The van der Waals surface area contributed by atoms with Gasteiger partial charge < -0.3 is 13.9 Å². The van der Waals surface area contributed by atoms with E-state index < -0.39 is 17.8 Å². The van der Waals surface area contributed by atoms with Gasteiger partial charge in [-0.25, -0.2) is 4.79 Å². The minimum Gasteiger partial charge on any atom is -0.493 e. The van der Waals surface area contributed by atoms with Crippen molar-refractivity contribution in [3.05, 3.63) is 51.0 Å². The van der Waals surface area contributed by atoms with Crippen LogP contribution in [0.25, 0.3) is 6.08 Å². The molecule has 3 rings (SSSR count). The second-order valence-corrected chi connectivity index (χ2v) is 7.65. The van der Waals surface area contributed by atoms with Crippen LogP contribution < -0.4 is 14.8 Å². The predicted molar refractivity (Wildman–Crippen MR) is 112 cm³/mol. The summed E-state index contributed by atoms with van der Waals surface area (Å²) in [6.45, 7) is 3.73. The second kappa shape index (κ2) is 8.68. The van der Waals surface area contributed by atoms with E-state index in [1.165, 1.54) is 19.4 Å². The van der Waals surface area contributed by atoms with E-state index in [0.717, 1.165) is 8.47 Å². The number of barbiturate groups is 1. The average Bonchev–Trinajstić information content (AvgIpc) is 3.17. The molecule has 8 nitrogen and oxygen atoms in total. The average molecular weight is 510 g/mol. The number of halogens is 1. The zero-order chi connectivity index (χ0) is 21.1. The summed E-state index contributed by atoms with van der Waals surface area (Å²) in [5.41, 5.74) is 0.402. The molecular formula is C20H19IN2O6. The lowest BCUT2D eigenvalue weighted by Gasteiger charge is -2.25. The van der Waals surface area contributed by atoms with Gasteiger partial charge in [0, 0.05) is 0 Å². The molecule has 1 aromatic heterocycles. The molecule has 0 bridgehead atoms. The molecule has 1 aromatic carbocycles. The topological polar surface area (TPSA) is 98.1 Å². The van der Waals surface area contributed by atoms with Crippen LogP contribution >= 0.6 is 22.6 Å². The molecule has 0 atom stereocenters. The SMILES string of the molecule is COc1cc(/C=C2\C(=O)NC(=O)N(Cc3ccco3)C2=O)cc(I)c1OC(C)C. The van der Waals surface area contributed by atoms with Crippen molar-refractivity contribution in [1.82, 2.24) is 10.2 Å². The number of ether oxygens (including phenoxy) is 2. The fraction of sp³-hybridized carbons (Fsp3) is 0.250. The van der Waals surface area contributed by atoms with Gasteiger partial charge in [0.15, 0.2) is 11.5 Å². The lowest BCUT2D eigenvalue weighted by Crippen LogP contribution is -2.53. The lowest BCUT2D eigenvalue weighted by molar-refractivity contribution is -0.130. The van der Waals surface area contributed by atoms with Crippen LogP contribution in [0.5, 0.6) is 11.5 Å². The third-order valence-corrected chi connectivity index (χ3v) is 4.80. The molecule has 0 aliphatic carbocycles. The number of urea groups is 1. The van der Waals surface area contributed by atoms with Gasteiger partial charge in [0.25, 0.3) is 11.8 Å². The van der Waals surface area contributed by atoms with Gasteiger partial charge >= 0.3 is 6.03 Å². The minimum absolute atomic E-state index is 0.0477. The van der Waals surface area contributed by atoms with E-state index in [1.54, 1.807) is 24.3 Å². The fourth-order valence-electron chi connectivity index (χ4n) is 2.74. The van der Waals surface area contributed by atoms with Gasteiger partial charge in [-0.3, -0.25) is 19.8 Å². The van der Waals surface area contributed by atoms with Crippen LogP contribution in [0, 0.1) is 3.57 Å². The molecule has 9 heteroatoms. The Balaban J connectivity index is 1.95. The van der Waals surface area contributed by atoms with Crippen LogP contribution in [0.3, 0.4) is 0 Å². The first kappa shape index (κ1) is 20.9. The van der Waals surface area contributed by atoms with Crippen LogP contribution in [0.4, 0.5) is 4.79 Å². The number of hydrogen-bond donors (Lipinski definition) is 1. The standard InChI is InChI=1S/C20H19IN2O6/c1-11(2)29-17-15(21)8-12(9-16(17)27-3)7-14-18(24)22-20(26)23(19(14)25)10-13-5-4-6-28-13/h4-9,11H,10H2,1-3H3,(H,22,24,26)/b14-7+. The summed E-state index contributed by atoms with van der Waals surface area (Å²) in [7, 11) is 1.51.